The highest BCUT2D eigenvalue weighted by atomic mass is 16.6. The van der Waals surface area contributed by atoms with Gasteiger partial charge in [0, 0.05) is 24.0 Å². The molecule has 0 aliphatic rings. The van der Waals surface area contributed by atoms with Crippen LogP contribution in [0.1, 0.15) is 34.0 Å². The SMILES string of the molecule is C=C(C)C(=O)OCCNC(=O)Nc1cc(CNc2ccccc2C(=O)NOCc2ccc(C#N)cc2)ccn1. The number of esters is 1. The molecule has 0 unspecified atom stereocenters. The Morgan fingerprint density at radius 3 is 2.56 bits per heavy atom. The number of ether oxygens (including phenoxy) is 1. The highest BCUT2D eigenvalue weighted by Gasteiger charge is 2.12. The van der Waals surface area contributed by atoms with Crippen molar-refractivity contribution in [2.24, 2.45) is 0 Å². The van der Waals surface area contributed by atoms with E-state index in [9.17, 15) is 14.4 Å². The van der Waals surface area contributed by atoms with Crippen molar-refractivity contribution in [3.63, 3.8) is 0 Å². The average molecular weight is 529 g/mol. The highest BCUT2D eigenvalue weighted by Crippen LogP contribution is 2.17. The molecule has 0 bridgehead atoms. The lowest BCUT2D eigenvalue weighted by molar-refractivity contribution is -0.138. The molecule has 3 amide bonds. The topological polar surface area (TPSA) is 154 Å². The number of hydrogen-bond acceptors (Lipinski definition) is 8. The van der Waals surface area contributed by atoms with E-state index in [1.54, 1.807) is 73.8 Å². The molecule has 0 radical (unpaired) electrons. The number of urea groups is 1. The van der Waals surface area contributed by atoms with E-state index in [2.05, 4.69) is 33.0 Å². The number of benzene rings is 2. The maximum atomic E-state index is 12.7. The van der Waals surface area contributed by atoms with Crippen LogP contribution in [0.15, 0.2) is 79.0 Å². The number of hydrogen-bond donors (Lipinski definition) is 4. The molecule has 0 spiro atoms. The first-order valence-corrected chi connectivity index (χ1v) is 11.9. The van der Waals surface area contributed by atoms with Gasteiger partial charge in [-0.05, 0) is 54.4 Å². The number of hydroxylamine groups is 1. The molecule has 0 saturated carbocycles. The van der Waals surface area contributed by atoms with Crippen molar-refractivity contribution in [2.75, 3.05) is 23.8 Å². The number of nitrogens with zero attached hydrogens (tertiary/aromatic N) is 2. The van der Waals surface area contributed by atoms with Crippen molar-refractivity contribution < 1.29 is 24.0 Å². The Bertz CT molecular complexity index is 1370. The zero-order valence-corrected chi connectivity index (χ0v) is 21.3. The quantitative estimate of drug-likeness (QED) is 0.120. The molecule has 4 N–H and O–H groups in total. The van der Waals surface area contributed by atoms with Gasteiger partial charge in [0.25, 0.3) is 5.91 Å². The van der Waals surface area contributed by atoms with Crippen molar-refractivity contribution in [1.29, 1.82) is 5.26 Å². The zero-order chi connectivity index (χ0) is 28.0. The van der Waals surface area contributed by atoms with E-state index in [1.807, 2.05) is 6.07 Å². The van der Waals surface area contributed by atoms with Crippen molar-refractivity contribution in [3.05, 3.63) is 101 Å². The smallest absolute Gasteiger partial charge is 0.333 e. The molecule has 0 atom stereocenters. The molecule has 1 heterocycles. The van der Waals surface area contributed by atoms with E-state index in [1.165, 1.54) is 0 Å². The van der Waals surface area contributed by atoms with Crippen LogP contribution in [0, 0.1) is 11.3 Å². The molecule has 11 nitrogen and oxygen atoms in total. The minimum absolute atomic E-state index is 0.0178. The molecule has 1 aromatic heterocycles. The normalized spacial score (nSPS) is 10.1. The number of aromatic nitrogens is 1. The summed E-state index contributed by atoms with van der Waals surface area (Å²) >= 11 is 0. The summed E-state index contributed by atoms with van der Waals surface area (Å²) in [5.74, 6) is -0.615. The van der Waals surface area contributed by atoms with Crippen LogP contribution in [-0.2, 0) is 27.5 Å². The minimum Gasteiger partial charge on any atom is -0.460 e. The molecule has 0 fully saturated rings. The van der Waals surface area contributed by atoms with Gasteiger partial charge in [-0.3, -0.25) is 14.9 Å². The first kappa shape index (κ1) is 28.4. The first-order chi connectivity index (χ1) is 18.9. The summed E-state index contributed by atoms with van der Waals surface area (Å²) in [6, 6.07) is 18.9. The molecule has 0 aliphatic carbocycles. The molecular weight excluding hydrogens is 500 g/mol. The molecule has 0 saturated heterocycles. The fourth-order valence-electron chi connectivity index (χ4n) is 3.19. The van der Waals surface area contributed by atoms with Crippen LogP contribution in [0.5, 0.6) is 0 Å². The summed E-state index contributed by atoms with van der Waals surface area (Å²) < 4.78 is 4.92. The van der Waals surface area contributed by atoms with Gasteiger partial charge in [0.15, 0.2) is 0 Å². The largest absolute Gasteiger partial charge is 0.460 e. The summed E-state index contributed by atoms with van der Waals surface area (Å²) in [5, 5.41) is 17.3. The molecular formula is C28H28N6O5. The average Bonchev–Trinajstić information content (AvgIpc) is 2.94. The van der Waals surface area contributed by atoms with E-state index in [0.717, 1.165) is 11.1 Å². The lowest BCUT2D eigenvalue weighted by Crippen LogP contribution is -2.32. The number of nitrogens with one attached hydrogen (secondary N) is 4. The van der Waals surface area contributed by atoms with Crippen molar-refractivity contribution in [2.45, 2.75) is 20.1 Å². The summed E-state index contributed by atoms with van der Waals surface area (Å²) in [5.41, 5.74) is 5.85. The van der Waals surface area contributed by atoms with Gasteiger partial charge in [0.2, 0.25) is 0 Å². The van der Waals surface area contributed by atoms with Gasteiger partial charge < -0.3 is 15.4 Å². The van der Waals surface area contributed by atoms with Gasteiger partial charge in [-0.1, -0.05) is 30.8 Å². The fraction of sp³-hybridized carbons (Fsp3) is 0.179. The maximum absolute atomic E-state index is 12.7. The van der Waals surface area contributed by atoms with E-state index in [4.69, 9.17) is 14.8 Å². The Kier molecular flexibility index (Phi) is 10.6. The number of carbonyl (C=O) groups is 3. The van der Waals surface area contributed by atoms with Crippen LogP contribution in [0.3, 0.4) is 0 Å². The molecule has 2 aromatic carbocycles. The number of amides is 3. The lowest BCUT2D eigenvalue weighted by Gasteiger charge is -2.13. The van der Waals surface area contributed by atoms with Crippen LogP contribution in [-0.4, -0.2) is 36.0 Å². The highest BCUT2D eigenvalue weighted by molar-refractivity contribution is 5.99. The third kappa shape index (κ3) is 9.31. The second kappa shape index (κ2) is 14.5. The van der Waals surface area contributed by atoms with Crippen LogP contribution in [0.2, 0.25) is 0 Å². The molecule has 200 valence electrons. The van der Waals surface area contributed by atoms with E-state index >= 15 is 0 Å². The number of pyridine rings is 1. The Balaban J connectivity index is 1.48. The number of rotatable bonds is 12. The summed E-state index contributed by atoms with van der Waals surface area (Å²) in [7, 11) is 0. The van der Waals surface area contributed by atoms with Gasteiger partial charge in [-0.2, -0.15) is 5.26 Å². The summed E-state index contributed by atoms with van der Waals surface area (Å²) in [6.07, 6.45) is 1.55. The Morgan fingerprint density at radius 2 is 1.82 bits per heavy atom. The van der Waals surface area contributed by atoms with E-state index < -0.39 is 17.9 Å². The van der Waals surface area contributed by atoms with Crippen LogP contribution in [0.4, 0.5) is 16.3 Å². The van der Waals surface area contributed by atoms with Gasteiger partial charge in [-0.15, -0.1) is 0 Å². The van der Waals surface area contributed by atoms with E-state index in [0.29, 0.717) is 29.2 Å². The summed E-state index contributed by atoms with van der Waals surface area (Å²) in [4.78, 5) is 45.6. The second-order valence-corrected chi connectivity index (χ2v) is 8.27. The number of nitriles is 1. The molecule has 3 rings (SSSR count). The molecule has 11 heteroatoms. The number of carbonyl (C=O) groups excluding carboxylic acids is 3. The maximum Gasteiger partial charge on any atom is 0.333 e. The third-order valence-corrected chi connectivity index (χ3v) is 5.18. The van der Waals surface area contributed by atoms with Crippen LogP contribution in [0.25, 0.3) is 0 Å². The van der Waals surface area contributed by atoms with Crippen LogP contribution >= 0.6 is 0 Å². The lowest BCUT2D eigenvalue weighted by atomic mass is 10.1. The van der Waals surface area contributed by atoms with Crippen molar-refractivity contribution in [3.8, 4) is 6.07 Å². The third-order valence-electron chi connectivity index (χ3n) is 5.18. The van der Waals surface area contributed by atoms with Gasteiger partial charge >= 0.3 is 12.0 Å². The van der Waals surface area contributed by atoms with Gasteiger partial charge in [-0.25, -0.2) is 20.1 Å². The van der Waals surface area contributed by atoms with Crippen molar-refractivity contribution in [1.82, 2.24) is 15.8 Å². The monoisotopic (exact) mass is 528 g/mol. The van der Waals surface area contributed by atoms with E-state index in [-0.39, 0.29) is 25.3 Å². The standard InChI is InChI=1S/C28H28N6O5/c1-19(2)27(36)38-14-13-31-28(37)33-25-15-22(11-12-30-25)17-32-24-6-4-3-5-23(24)26(35)34-39-18-21-9-7-20(16-29)8-10-21/h3-12,15,32H,1,13-14,17-18H2,2H3,(H,34,35)(H2,30,31,33,37). The Labute approximate surface area is 225 Å². The molecule has 39 heavy (non-hydrogen) atoms. The second-order valence-electron chi connectivity index (χ2n) is 8.27. The Morgan fingerprint density at radius 1 is 1.05 bits per heavy atom. The Hall–Kier alpha value is -5.21. The van der Waals surface area contributed by atoms with Gasteiger partial charge in [0.1, 0.15) is 12.4 Å². The fourth-order valence-corrected chi connectivity index (χ4v) is 3.19. The predicted octanol–water partition coefficient (Wildman–Crippen LogP) is 3.67. The first-order valence-electron chi connectivity index (χ1n) is 11.9. The minimum atomic E-state index is -0.520. The number of para-hydroxylation sites is 1. The van der Waals surface area contributed by atoms with Crippen LogP contribution < -0.4 is 21.4 Å². The predicted molar refractivity (Wildman–Crippen MR) is 144 cm³/mol. The molecule has 0 aliphatic heterocycles. The number of anilines is 2. The van der Waals surface area contributed by atoms with Gasteiger partial charge in [0.05, 0.1) is 30.3 Å². The van der Waals surface area contributed by atoms with Crippen molar-refractivity contribution >= 4 is 29.4 Å². The summed E-state index contributed by atoms with van der Waals surface area (Å²) in [6.45, 7) is 5.67. The molecule has 3 aromatic rings. The zero-order valence-electron chi connectivity index (χ0n) is 21.3.